The molecule has 0 saturated carbocycles. The van der Waals surface area contributed by atoms with Crippen LogP contribution in [0.2, 0.25) is 0 Å². The minimum atomic E-state index is -1.69. The van der Waals surface area contributed by atoms with E-state index in [2.05, 4.69) is 10.9 Å². The maximum absolute atomic E-state index is 12.6. The Labute approximate surface area is 184 Å². The molecule has 32 heavy (non-hydrogen) atoms. The van der Waals surface area contributed by atoms with Gasteiger partial charge in [-0.25, -0.2) is 9.69 Å². The van der Waals surface area contributed by atoms with Crippen LogP contribution in [-0.4, -0.2) is 49.0 Å². The zero-order valence-electron chi connectivity index (χ0n) is 17.8. The van der Waals surface area contributed by atoms with Crippen LogP contribution < -0.4 is 20.3 Å². The predicted octanol–water partition coefficient (Wildman–Crippen LogP) is 1.50. The first-order valence-electron chi connectivity index (χ1n) is 9.73. The second kappa shape index (κ2) is 9.82. The average Bonchev–Trinajstić information content (AvgIpc) is 3.11. The summed E-state index contributed by atoms with van der Waals surface area (Å²) >= 11 is 0. The summed E-state index contributed by atoms with van der Waals surface area (Å²) in [6, 6.07) is 13.2. The molecule has 1 heterocycles. The summed E-state index contributed by atoms with van der Waals surface area (Å²) in [6.07, 6.45) is -2.71. The van der Waals surface area contributed by atoms with E-state index in [-0.39, 0.29) is 6.42 Å². The van der Waals surface area contributed by atoms with Crippen molar-refractivity contribution in [2.45, 2.75) is 25.5 Å². The van der Waals surface area contributed by atoms with E-state index in [0.29, 0.717) is 22.6 Å². The third kappa shape index (κ3) is 4.97. The van der Waals surface area contributed by atoms with Crippen molar-refractivity contribution in [1.29, 1.82) is 0 Å². The molecule has 1 aliphatic rings. The molecule has 1 fully saturated rings. The molecule has 1 saturated heterocycles. The summed E-state index contributed by atoms with van der Waals surface area (Å²) in [4.78, 5) is 50.3. The molecule has 0 spiro atoms. The van der Waals surface area contributed by atoms with Crippen LogP contribution in [0.4, 0.5) is 4.79 Å². The van der Waals surface area contributed by atoms with Gasteiger partial charge in [0.05, 0.1) is 26.7 Å². The van der Waals surface area contributed by atoms with Crippen molar-refractivity contribution in [3.8, 4) is 11.5 Å². The smallest absolute Gasteiger partial charge is 0.418 e. The summed E-state index contributed by atoms with van der Waals surface area (Å²) in [7, 11) is 2.97. The van der Waals surface area contributed by atoms with Crippen LogP contribution in [0.15, 0.2) is 48.5 Å². The second-order valence-corrected chi connectivity index (χ2v) is 6.99. The molecule has 10 heteroatoms. The number of cyclic esters (lactones) is 1. The third-order valence-corrected chi connectivity index (χ3v) is 4.89. The second-order valence-electron chi connectivity index (χ2n) is 6.99. The molecule has 0 bridgehead atoms. The number of hydrogen-bond acceptors (Lipinski definition) is 7. The Kier molecular flexibility index (Phi) is 6.93. The lowest BCUT2D eigenvalue weighted by Crippen LogP contribution is -2.49. The lowest BCUT2D eigenvalue weighted by molar-refractivity contribution is -0.141. The first kappa shape index (κ1) is 22.6. The lowest BCUT2D eigenvalue weighted by Gasteiger charge is -2.20. The van der Waals surface area contributed by atoms with Gasteiger partial charge in [-0.1, -0.05) is 30.3 Å². The van der Waals surface area contributed by atoms with Crippen LogP contribution in [-0.2, 0) is 25.5 Å². The first-order chi connectivity index (χ1) is 15.3. The van der Waals surface area contributed by atoms with Crippen LogP contribution in [0.3, 0.4) is 0 Å². The van der Waals surface area contributed by atoms with Gasteiger partial charge in [0.15, 0.2) is 0 Å². The molecule has 1 aliphatic heterocycles. The highest BCUT2D eigenvalue weighted by Crippen LogP contribution is 2.27. The molecule has 10 nitrogen and oxygen atoms in total. The highest BCUT2D eigenvalue weighted by molar-refractivity contribution is 6.13. The van der Waals surface area contributed by atoms with Crippen molar-refractivity contribution in [1.82, 2.24) is 15.8 Å². The Morgan fingerprint density at radius 3 is 2.25 bits per heavy atom. The van der Waals surface area contributed by atoms with Crippen molar-refractivity contribution in [2.24, 2.45) is 0 Å². The summed E-state index contributed by atoms with van der Waals surface area (Å²) in [5.74, 6) is -1.31. The SMILES string of the molecule is COc1cc(CC(=O)NNC(=O)C2OC(=O)N(C(C)c3ccccc3)C2=O)cc(OC)c1. The van der Waals surface area contributed by atoms with Gasteiger partial charge in [-0.3, -0.25) is 25.2 Å². The third-order valence-electron chi connectivity index (χ3n) is 4.89. The van der Waals surface area contributed by atoms with Gasteiger partial charge in [-0.2, -0.15) is 0 Å². The van der Waals surface area contributed by atoms with Crippen LogP contribution >= 0.6 is 0 Å². The lowest BCUT2D eigenvalue weighted by atomic mass is 10.1. The number of carbonyl (C=O) groups excluding carboxylic acids is 4. The molecule has 168 valence electrons. The fraction of sp³-hybridized carbons (Fsp3) is 0.273. The number of hydrazine groups is 1. The molecular weight excluding hydrogens is 418 g/mol. The van der Waals surface area contributed by atoms with Crippen molar-refractivity contribution in [3.63, 3.8) is 0 Å². The van der Waals surface area contributed by atoms with Crippen LogP contribution in [0.5, 0.6) is 11.5 Å². The molecule has 2 N–H and O–H groups in total. The number of benzene rings is 2. The van der Waals surface area contributed by atoms with E-state index >= 15 is 0 Å². The van der Waals surface area contributed by atoms with Crippen LogP contribution in [0.25, 0.3) is 0 Å². The molecular formula is C22H23N3O7. The van der Waals surface area contributed by atoms with Crippen molar-refractivity contribution in [2.75, 3.05) is 14.2 Å². The number of nitrogens with one attached hydrogen (secondary N) is 2. The molecule has 2 unspecified atom stereocenters. The number of imide groups is 1. The highest BCUT2D eigenvalue weighted by atomic mass is 16.6. The summed E-state index contributed by atoms with van der Waals surface area (Å²) in [5, 5.41) is 0. The van der Waals surface area contributed by atoms with E-state index in [1.54, 1.807) is 55.5 Å². The standard InChI is InChI=1S/C22H23N3O7/c1-13(15-7-5-4-6-8-15)25-21(28)19(32-22(25)29)20(27)24-23-18(26)11-14-9-16(30-2)12-17(10-14)31-3/h4-10,12-13,19H,11H2,1-3H3,(H,23,26)(H,24,27). The van der Waals surface area contributed by atoms with Crippen LogP contribution in [0, 0.1) is 0 Å². The van der Waals surface area contributed by atoms with Gasteiger partial charge in [-0.15, -0.1) is 0 Å². The van der Waals surface area contributed by atoms with Gasteiger partial charge < -0.3 is 14.2 Å². The first-order valence-corrected chi connectivity index (χ1v) is 9.73. The molecule has 0 aromatic heterocycles. The number of ether oxygens (including phenoxy) is 3. The number of hydrogen-bond donors (Lipinski definition) is 2. The van der Waals surface area contributed by atoms with E-state index in [1.165, 1.54) is 14.2 Å². The molecule has 3 rings (SSSR count). The van der Waals surface area contributed by atoms with E-state index in [9.17, 15) is 19.2 Å². The van der Waals surface area contributed by atoms with Crippen molar-refractivity contribution >= 4 is 23.8 Å². The van der Waals surface area contributed by atoms with E-state index < -0.39 is 36.0 Å². The Hall–Kier alpha value is -4.08. The number of amides is 4. The summed E-state index contributed by atoms with van der Waals surface area (Å²) < 4.78 is 15.3. The van der Waals surface area contributed by atoms with Gasteiger partial charge >= 0.3 is 6.09 Å². The van der Waals surface area contributed by atoms with Gasteiger partial charge in [0.1, 0.15) is 11.5 Å². The zero-order valence-corrected chi connectivity index (χ0v) is 17.8. The number of nitrogens with zero attached hydrogens (tertiary/aromatic N) is 1. The molecule has 0 radical (unpaired) electrons. The Morgan fingerprint density at radius 1 is 1.03 bits per heavy atom. The van der Waals surface area contributed by atoms with Gasteiger partial charge in [0.2, 0.25) is 5.91 Å². The Balaban J connectivity index is 1.59. The monoisotopic (exact) mass is 441 g/mol. The summed E-state index contributed by atoms with van der Waals surface area (Å²) in [5.41, 5.74) is 5.63. The molecule has 2 aromatic rings. The molecule has 0 aliphatic carbocycles. The largest absolute Gasteiger partial charge is 0.497 e. The fourth-order valence-corrected chi connectivity index (χ4v) is 3.21. The Bertz CT molecular complexity index is 1000. The summed E-state index contributed by atoms with van der Waals surface area (Å²) in [6.45, 7) is 1.65. The zero-order chi connectivity index (χ0) is 23.3. The molecule has 2 aromatic carbocycles. The fourth-order valence-electron chi connectivity index (χ4n) is 3.21. The highest BCUT2D eigenvalue weighted by Gasteiger charge is 2.47. The number of rotatable bonds is 7. The Morgan fingerprint density at radius 2 is 1.66 bits per heavy atom. The topological polar surface area (TPSA) is 123 Å². The van der Waals surface area contributed by atoms with Gasteiger partial charge in [0, 0.05) is 6.07 Å². The predicted molar refractivity (Wildman–Crippen MR) is 112 cm³/mol. The molecule has 4 amide bonds. The van der Waals surface area contributed by atoms with Gasteiger partial charge in [0.25, 0.3) is 17.9 Å². The minimum absolute atomic E-state index is 0.0938. The van der Waals surface area contributed by atoms with E-state index in [4.69, 9.17) is 14.2 Å². The van der Waals surface area contributed by atoms with Crippen molar-refractivity contribution in [3.05, 3.63) is 59.7 Å². The van der Waals surface area contributed by atoms with Gasteiger partial charge in [-0.05, 0) is 30.2 Å². The average molecular weight is 441 g/mol. The van der Waals surface area contributed by atoms with E-state index in [1.807, 2.05) is 0 Å². The number of carbonyl (C=O) groups is 4. The molecule has 2 atom stereocenters. The minimum Gasteiger partial charge on any atom is -0.497 e. The quantitative estimate of drug-likeness (QED) is 0.493. The van der Waals surface area contributed by atoms with Crippen molar-refractivity contribution < 1.29 is 33.4 Å². The maximum atomic E-state index is 12.6. The van der Waals surface area contributed by atoms with Crippen LogP contribution in [0.1, 0.15) is 24.1 Å². The normalized spacial score (nSPS) is 16.2. The number of methoxy groups -OCH3 is 2. The van der Waals surface area contributed by atoms with E-state index in [0.717, 1.165) is 4.90 Å². The maximum Gasteiger partial charge on any atom is 0.418 e.